The quantitative estimate of drug-likeness (QED) is 0.567. The van der Waals surface area contributed by atoms with Crippen LogP contribution >= 0.6 is 15.9 Å². The molecule has 6 heteroatoms. The van der Waals surface area contributed by atoms with Crippen molar-refractivity contribution in [3.8, 4) is 0 Å². The van der Waals surface area contributed by atoms with E-state index in [1.807, 2.05) is 0 Å². The van der Waals surface area contributed by atoms with Crippen LogP contribution in [0.15, 0.2) is 16.5 Å². The molecule has 0 saturated carbocycles. The van der Waals surface area contributed by atoms with Crippen molar-refractivity contribution >= 4 is 27.7 Å². The molecule has 100 valence electrons. The van der Waals surface area contributed by atoms with E-state index < -0.39 is 5.91 Å². The summed E-state index contributed by atoms with van der Waals surface area (Å²) in [6.45, 7) is 0.282. The molecule has 0 spiro atoms. The lowest BCUT2D eigenvalue weighted by molar-refractivity contribution is -0.121. The van der Waals surface area contributed by atoms with E-state index in [1.165, 1.54) is 6.07 Å². The number of halogens is 1. The van der Waals surface area contributed by atoms with Crippen LogP contribution in [-0.2, 0) is 11.3 Å². The number of nitrogens with two attached hydrogens (primary N) is 1. The van der Waals surface area contributed by atoms with Crippen LogP contribution in [0.1, 0.15) is 42.0 Å². The van der Waals surface area contributed by atoms with Gasteiger partial charge in [-0.05, 0) is 25.0 Å². The maximum Gasteiger partial charge on any atom is 0.284 e. The molecule has 1 rings (SSSR count). The molecule has 1 heterocycles. The smallest absolute Gasteiger partial charge is 0.284 e. The normalized spacial score (nSPS) is 10.3. The van der Waals surface area contributed by atoms with E-state index in [4.69, 9.17) is 10.2 Å². The van der Waals surface area contributed by atoms with Crippen molar-refractivity contribution in [2.75, 3.05) is 5.33 Å². The summed E-state index contributed by atoms with van der Waals surface area (Å²) in [7, 11) is 0. The number of rotatable bonds is 8. The van der Waals surface area contributed by atoms with Gasteiger partial charge in [0.2, 0.25) is 5.91 Å². The predicted molar refractivity (Wildman–Crippen MR) is 71.3 cm³/mol. The Kier molecular flexibility index (Phi) is 6.49. The summed E-state index contributed by atoms with van der Waals surface area (Å²) in [6.07, 6.45) is 3.50. The maximum absolute atomic E-state index is 11.5. The van der Waals surface area contributed by atoms with Gasteiger partial charge in [0.25, 0.3) is 5.91 Å². The van der Waals surface area contributed by atoms with Gasteiger partial charge in [0.1, 0.15) is 5.76 Å². The monoisotopic (exact) mass is 316 g/mol. The maximum atomic E-state index is 11.5. The van der Waals surface area contributed by atoms with Gasteiger partial charge < -0.3 is 15.5 Å². The van der Waals surface area contributed by atoms with Crippen LogP contribution in [0, 0.1) is 0 Å². The number of hydrogen-bond donors (Lipinski definition) is 2. The van der Waals surface area contributed by atoms with Gasteiger partial charge in [-0.2, -0.15) is 0 Å². The second-order valence-corrected chi connectivity index (χ2v) is 4.70. The SMILES string of the molecule is NC(=O)c1ccc(CNC(=O)CCCCCBr)o1. The molecule has 0 atom stereocenters. The van der Waals surface area contributed by atoms with Gasteiger partial charge in [-0.25, -0.2) is 0 Å². The zero-order valence-corrected chi connectivity index (χ0v) is 11.7. The van der Waals surface area contributed by atoms with Crippen LogP contribution in [0.2, 0.25) is 0 Å². The molecule has 0 radical (unpaired) electrons. The molecule has 3 N–H and O–H groups in total. The molecular weight excluding hydrogens is 300 g/mol. The Labute approximate surface area is 114 Å². The fraction of sp³-hybridized carbons (Fsp3) is 0.500. The minimum Gasteiger partial charge on any atom is -0.454 e. The number of primary amides is 1. The fourth-order valence-electron chi connectivity index (χ4n) is 1.44. The number of amides is 2. The molecule has 18 heavy (non-hydrogen) atoms. The third-order valence-corrected chi connectivity index (χ3v) is 2.96. The first-order valence-electron chi connectivity index (χ1n) is 5.84. The first-order valence-corrected chi connectivity index (χ1v) is 6.97. The van der Waals surface area contributed by atoms with Crippen LogP contribution in [0.3, 0.4) is 0 Å². The van der Waals surface area contributed by atoms with E-state index in [0.717, 1.165) is 24.6 Å². The first kappa shape index (κ1) is 14.8. The van der Waals surface area contributed by atoms with Gasteiger partial charge in [0.05, 0.1) is 6.54 Å². The molecule has 0 aliphatic carbocycles. The van der Waals surface area contributed by atoms with Crippen LogP contribution in [0.5, 0.6) is 0 Å². The largest absolute Gasteiger partial charge is 0.454 e. The van der Waals surface area contributed by atoms with Crippen molar-refractivity contribution in [2.24, 2.45) is 5.73 Å². The number of hydrogen-bond acceptors (Lipinski definition) is 3. The van der Waals surface area contributed by atoms with E-state index in [2.05, 4.69) is 21.2 Å². The lowest BCUT2D eigenvalue weighted by atomic mass is 10.2. The van der Waals surface area contributed by atoms with E-state index >= 15 is 0 Å². The van der Waals surface area contributed by atoms with Crippen LogP contribution in [0.4, 0.5) is 0 Å². The Morgan fingerprint density at radius 3 is 2.67 bits per heavy atom. The lowest BCUT2D eigenvalue weighted by Gasteiger charge is -2.02. The highest BCUT2D eigenvalue weighted by atomic mass is 79.9. The third-order valence-electron chi connectivity index (χ3n) is 2.40. The molecule has 0 bridgehead atoms. The average Bonchev–Trinajstić information content (AvgIpc) is 2.81. The Morgan fingerprint density at radius 1 is 1.28 bits per heavy atom. The van der Waals surface area contributed by atoms with Gasteiger partial charge in [-0.1, -0.05) is 22.4 Å². The number of nitrogens with one attached hydrogen (secondary N) is 1. The standard InChI is InChI=1S/C12H17BrN2O3/c13-7-3-1-2-4-11(16)15-8-9-5-6-10(18-9)12(14)17/h5-6H,1-4,7-8H2,(H2,14,17)(H,15,16). The topological polar surface area (TPSA) is 85.3 Å². The minimum absolute atomic E-state index is 0.0124. The number of alkyl halides is 1. The van der Waals surface area contributed by atoms with Gasteiger partial charge in [0, 0.05) is 11.8 Å². The highest BCUT2D eigenvalue weighted by Crippen LogP contribution is 2.07. The summed E-state index contributed by atoms with van der Waals surface area (Å²) in [5, 5.41) is 3.70. The van der Waals surface area contributed by atoms with Gasteiger partial charge >= 0.3 is 0 Å². The van der Waals surface area contributed by atoms with Crippen LogP contribution in [0.25, 0.3) is 0 Å². The van der Waals surface area contributed by atoms with Gasteiger partial charge in [-0.3, -0.25) is 9.59 Å². The van der Waals surface area contributed by atoms with Gasteiger partial charge in [0.15, 0.2) is 5.76 Å². The van der Waals surface area contributed by atoms with Crippen molar-refractivity contribution in [3.05, 3.63) is 23.7 Å². The fourth-order valence-corrected chi connectivity index (χ4v) is 1.83. The van der Waals surface area contributed by atoms with E-state index in [1.54, 1.807) is 6.07 Å². The molecule has 0 unspecified atom stereocenters. The van der Waals surface area contributed by atoms with Crippen molar-refractivity contribution in [2.45, 2.75) is 32.2 Å². The van der Waals surface area contributed by atoms with E-state index in [0.29, 0.717) is 12.2 Å². The first-order chi connectivity index (χ1) is 8.63. The van der Waals surface area contributed by atoms with E-state index in [9.17, 15) is 9.59 Å². The summed E-state index contributed by atoms with van der Waals surface area (Å²) in [4.78, 5) is 22.3. The number of carbonyl (C=O) groups excluding carboxylic acids is 2. The Bertz CT molecular complexity index is 404. The second-order valence-electron chi connectivity index (χ2n) is 3.91. The second kappa shape index (κ2) is 7.92. The number of unbranched alkanes of at least 4 members (excludes halogenated alkanes) is 2. The summed E-state index contributed by atoms with van der Waals surface area (Å²) in [6, 6.07) is 3.13. The summed E-state index contributed by atoms with van der Waals surface area (Å²) >= 11 is 3.34. The van der Waals surface area contributed by atoms with Crippen molar-refractivity contribution in [3.63, 3.8) is 0 Å². The zero-order chi connectivity index (χ0) is 13.4. The number of furan rings is 1. The zero-order valence-electron chi connectivity index (χ0n) is 10.1. The van der Waals surface area contributed by atoms with Crippen LogP contribution < -0.4 is 11.1 Å². The lowest BCUT2D eigenvalue weighted by Crippen LogP contribution is -2.22. The van der Waals surface area contributed by atoms with Gasteiger partial charge in [-0.15, -0.1) is 0 Å². The molecule has 0 aliphatic rings. The van der Waals surface area contributed by atoms with Crippen molar-refractivity contribution < 1.29 is 14.0 Å². The summed E-state index contributed by atoms with van der Waals surface area (Å²) in [5.74, 6) is 0.0122. The molecule has 5 nitrogen and oxygen atoms in total. The molecule has 0 fully saturated rings. The highest BCUT2D eigenvalue weighted by Gasteiger charge is 2.08. The third kappa shape index (κ3) is 5.35. The Hall–Kier alpha value is -1.30. The molecule has 0 aliphatic heterocycles. The highest BCUT2D eigenvalue weighted by molar-refractivity contribution is 9.09. The predicted octanol–water partition coefficient (Wildman–Crippen LogP) is 1.95. The average molecular weight is 317 g/mol. The van der Waals surface area contributed by atoms with Crippen molar-refractivity contribution in [1.29, 1.82) is 0 Å². The molecule has 1 aromatic rings. The molecule has 2 amide bonds. The Morgan fingerprint density at radius 2 is 2.06 bits per heavy atom. The van der Waals surface area contributed by atoms with Crippen LogP contribution in [-0.4, -0.2) is 17.1 Å². The summed E-state index contributed by atoms with van der Waals surface area (Å²) < 4.78 is 5.14. The summed E-state index contributed by atoms with van der Waals surface area (Å²) in [5.41, 5.74) is 5.05. The molecular formula is C12H17BrN2O3. The molecule has 0 saturated heterocycles. The van der Waals surface area contributed by atoms with E-state index in [-0.39, 0.29) is 18.2 Å². The molecule has 0 aromatic carbocycles. The van der Waals surface area contributed by atoms with Crippen molar-refractivity contribution in [1.82, 2.24) is 5.32 Å². The Balaban J connectivity index is 2.23. The minimum atomic E-state index is -0.609. The molecule has 1 aromatic heterocycles. The number of carbonyl (C=O) groups is 2.